The van der Waals surface area contributed by atoms with E-state index in [1.54, 1.807) is 11.8 Å². The Morgan fingerprint density at radius 1 is 1.33 bits per heavy atom. The van der Waals surface area contributed by atoms with Crippen molar-refractivity contribution in [2.75, 3.05) is 11.4 Å². The van der Waals surface area contributed by atoms with Gasteiger partial charge in [0.25, 0.3) is 0 Å². The molecule has 1 aliphatic heterocycles. The molecule has 1 atom stereocenters. The monoisotopic (exact) mass is 384 g/mol. The first-order valence-corrected chi connectivity index (χ1v) is 10.4. The van der Waals surface area contributed by atoms with Crippen molar-refractivity contribution in [3.63, 3.8) is 0 Å². The Morgan fingerprint density at radius 3 is 2.81 bits per heavy atom. The molecule has 5 heteroatoms. The van der Waals surface area contributed by atoms with Gasteiger partial charge >= 0.3 is 0 Å². The Labute approximate surface area is 166 Å². The van der Waals surface area contributed by atoms with Gasteiger partial charge < -0.3 is 14.7 Å². The molecule has 144 valence electrons. The van der Waals surface area contributed by atoms with Crippen LogP contribution in [0.25, 0.3) is 0 Å². The Kier molecular flexibility index (Phi) is 6.67. The zero-order valence-corrected chi connectivity index (χ0v) is 16.9. The van der Waals surface area contributed by atoms with Gasteiger partial charge in [-0.1, -0.05) is 26.5 Å². The predicted octanol–water partition coefficient (Wildman–Crippen LogP) is 5.59. The molecule has 1 aliphatic rings. The predicted molar refractivity (Wildman–Crippen MR) is 113 cm³/mol. The molecule has 0 bridgehead atoms. The molecule has 0 amide bonds. The van der Waals surface area contributed by atoms with Crippen molar-refractivity contribution >= 4 is 17.4 Å². The van der Waals surface area contributed by atoms with Crippen LogP contribution >= 0.6 is 11.8 Å². The molecular weight excluding hydrogens is 356 g/mol. The number of thioether (sulfide) groups is 1. The first-order chi connectivity index (χ1) is 13.0. The number of anilines is 1. The van der Waals surface area contributed by atoms with E-state index in [0.717, 1.165) is 35.7 Å². The summed E-state index contributed by atoms with van der Waals surface area (Å²) in [7, 11) is 0. The van der Waals surface area contributed by atoms with E-state index in [9.17, 15) is 5.11 Å². The fraction of sp³-hybridized carbons (Fsp3) is 0.409. The van der Waals surface area contributed by atoms with Crippen LogP contribution in [0, 0.1) is 0 Å². The van der Waals surface area contributed by atoms with Gasteiger partial charge in [0.05, 0.1) is 5.76 Å². The topological polar surface area (TPSA) is 45.6 Å². The van der Waals surface area contributed by atoms with Gasteiger partial charge in [0.15, 0.2) is 0 Å². The maximum atomic E-state index is 9.53. The lowest BCUT2D eigenvalue weighted by molar-refractivity contribution is 0.302. The molecule has 2 aromatic rings. The van der Waals surface area contributed by atoms with Crippen LogP contribution in [-0.2, 0) is 6.61 Å². The normalized spacial score (nSPS) is 16.7. The minimum atomic E-state index is 0.262. The van der Waals surface area contributed by atoms with Crippen LogP contribution < -0.4 is 9.64 Å². The molecule has 0 aliphatic carbocycles. The van der Waals surface area contributed by atoms with Crippen LogP contribution in [0.1, 0.15) is 38.7 Å². The lowest BCUT2D eigenvalue weighted by Crippen LogP contribution is -2.29. The molecule has 1 aromatic heterocycles. The highest BCUT2D eigenvalue weighted by Gasteiger charge is 2.25. The average molecular weight is 385 g/mol. The quantitative estimate of drug-likeness (QED) is 0.475. The lowest BCUT2D eigenvalue weighted by atomic mass is 10.1. The van der Waals surface area contributed by atoms with Gasteiger partial charge in [0, 0.05) is 41.7 Å². The Morgan fingerprint density at radius 2 is 2.11 bits per heavy atom. The summed E-state index contributed by atoms with van der Waals surface area (Å²) in [4.78, 5) is 6.83. The van der Waals surface area contributed by atoms with Crippen LogP contribution in [0.4, 0.5) is 5.69 Å². The van der Waals surface area contributed by atoms with Gasteiger partial charge in [-0.3, -0.25) is 0 Å². The molecule has 2 heterocycles. The molecule has 0 radical (unpaired) electrons. The van der Waals surface area contributed by atoms with E-state index in [2.05, 4.69) is 48.5 Å². The molecule has 0 spiro atoms. The summed E-state index contributed by atoms with van der Waals surface area (Å²) < 4.78 is 6.00. The number of hydrogen-bond acceptors (Lipinski definition) is 5. The van der Waals surface area contributed by atoms with Crippen molar-refractivity contribution < 1.29 is 9.84 Å². The number of aliphatic hydroxyl groups is 1. The third-order valence-electron chi connectivity index (χ3n) is 4.61. The average Bonchev–Trinajstić information content (AvgIpc) is 3.08. The Balaban J connectivity index is 1.62. The fourth-order valence-corrected chi connectivity index (χ4v) is 4.26. The summed E-state index contributed by atoms with van der Waals surface area (Å²) in [6.07, 6.45) is 4.70. The zero-order valence-electron chi connectivity index (χ0n) is 16.1. The van der Waals surface area contributed by atoms with E-state index in [-0.39, 0.29) is 5.76 Å². The maximum absolute atomic E-state index is 9.53. The number of benzene rings is 1. The summed E-state index contributed by atoms with van der Waals surface area (Å²) in [5, 5.41) is 11.1. The summed E-state index contributed by atoms with van der Waals surface area (Å²) >= 11 is 1.76. The summed E-state index contributed by atoms with van der Waals surface area (Å²) in [6, 6.07) is 12.6. The maximum Gasteiger partial charge on any atom is 0.119 e. The molecule has 4 nitrogen and oxygen atoms in total. The van der Waals surface area contributed by atoms with E-state index in [1.807, 2.05) is 24.4 Å². The molecule has 1 aromatic carbocycles. The van der Waals surface area contributed by atoms with E-state index < -0.39 is 0 Å². The van der Waals surface area contributed by atoms with E-state index in [4.69, 9.17) is 4.74 Å². The van der Waals surface area contributed by atoms with Gasteiger partial charge in [0.1, 0.15) is 17.4 Å². The number of rotatable bonds is 8. The van der Waals surface area contributed by atoms with Crippen LogP contribution in [0.3, 0.4) is 0 Å². The standard InChI is InChI=1S/C22H28N2O2S/c1-16(2)27-22-18(6-4-12-23-22)15-26-21-10-8-19(9-11-21)24-13-5-7-20(24)14-17(3)25/h4,6,8-12,16,20,25H,3,5,7,13-15H2,1-2H3. The van der Waals surface area contributed by atoms with Crippen LogP contribution in [-0.4, -0.2) is 27.9 Å². The highest BCUT2D eigenvalue weighted by molar-refractivity contribution is 7.99. The minimum absolute atomic E-state index is 0.262. The van der Waals surface area contributed by atoms with Crippen molar-refractivity contribution in [3.8, 4) is 5.75 Å². The molecule has 1 unspecified atom stereocenters. The largest absolute Gasteiger partial charge is 0.513 e. The molecule has 1 fully saturated rings. The van der Waals surface area contributed by atoms with Gasteiger partial charge in [0.2, 0.25) is 0 Å². The van der Waals surface area contributed by atoms with Gasteiger partial charge in [-0.15, -0.1) is 11.8 Å². The van der Waals surface area contributed by atoms with Crippen molar-refractivity contribution in [1.82, 2.24) is 4.98 Å². The van der Waals surface area contributed by atoms with Crippen molar-refractivity contribution in [2.24, 2.45) is 0 Å². The summed E-state index contributed by atoms with van der Waals surface area (Å²) in [5.41, 5.74) is 2.28. The number of nitrogens with zero attached hydrogens (tertiary/aromatic N) is 2. The fourth-order valence-electron chi connectivity index (χ4n) is 3.42. The zero-order chi connectivity index (χ0) is 19.2. The second-order valence-electron chi connectivity index (χ2n) is 7.18. The first-order valence-electron chi connectivity index (χ1n) is 9.49. The molecular formula is C22H28N2O2S. The van der Waals surface area contributed by atoms with Crippen molar-refractivity contribution in [2.45, 2.75) is 56.0 Å². The summed E-state index contributed by atoms with van der Waals surface area (Å²) in [6.45, 7) is 9.51. The third kappa shape index (κ3) is 5.42. The van der Waals surface area contributed by atoms with Gasteiger partial charge in [-0.25, -0.2) is 4.98 Å². The number of pyridine rings is 1. The Hall–Kier alpha value is -2.14. The SMILES string of the molecule is C=C(O)CC1CCCN1c1ccc(OCc2cccnc2SC(C)C)cc1. The Bertz CT molecular complexity index is 761. The third-order valence-corrected chi connectivity index (χ3v) is 5.67. The van der Waals surface area contributed by atoms with Crippen LogP contribution in [0.15, 0.2) is 60.0 Å². The molecule has 3 rings (SSSR count). The second kappa shape index (κ2) is 9.18. The number of aromatic nitrogens is 1. The van der Waals surface area contributed by atoms with E-state index in [1.165, 1.54) is 5.69 Å². The smallest absolute Gasteiger partial charge is 0.119 e. The minimum Gasteiger partial charge on any atom is -0.513 e. The van der Waals surface area contributed by atoms with Crippen LogP contribution in [0.5, 0.6) is 5.75 Å². The number of hydrogen-bond donors (Lipinski definition) is 1. The molecule has 1 N–H and O–H groups in total. The highest BCUT2D eigenvalue weighted by Crippen LogP contribution is 2.30. The van der Waals surface area contributed by atoms with Crippen molar-refractivity contribution in [3.05, 3.63) is 60.5 Å². The second-order valence-corrected chi connectivity index (χ2v) is 8.74. The van der Waals surface area contributed by atoms with Crippen molar-refractivity contribution in [1.29, 1.82) is 0 Å². The van der Waals surface area contributed by atoms with E-state index in [0.29, 0.717) is 24.3 Å². The molecule has 1 saturated heterocycles. The van der Waals surface area contributed by atoms with E-state index >= 15 is 0 Å². The summed E-state index contributed by atoms with van der Waals surface area (Å²) in [5.74, 6) is 1.11. The number of aliphatic hydroxyl groups excluding tert-OH is 1. The lowest BCUT2D eigenvalue weighted by Gasteiger charge is -2.26. The van der Waals surface area contributed by atoms with Gasteiger partial charge in [-0.2, -0.15) is 0 Å². The molecule has 27 heavy (non-hydrogen) atoms. The van der Waals surface area contributed by atoms with Crippen LogP contribution in [0.2, 0.25) is 0 Å². The highest BCUT2D eigenvalue weighted by atomic mass is 32.2. The van der Waals surface area contributed by atoms with Gasteiger partial charge in [-0.05, 0) is 43.2 Å². The first kappa shape index (κ1) is 19.6. The number of ether oxygens (including phenoxy) is 1. The molecule has 0 saturated carbocycles.